The zero-order valence-electron chi connectivity index (χ0n) is 10.4. The summed E-state index contributed by atoms with van der Waals surface area (Å²) in [6.07, 6.45) is 0. The molecule has 100 valence electrons. The van der Waals surface area contributed by atoms with Gasteiger partial charge in [-0.3, -0.25) is 0 Å². The number of hydrogen-bond donors (Lipinski definition) is 3. The van der Waals surface area contributed by atoms with Crippen molar-refractivity contribution in [2.24, 2.45) is 5.92 Å². The molecule has 0 fully saturated rings. The van der Waals surface area contributed by atoms with E-state index in [9.17, 15) is 4.79 Å². The second-order valence-corrected chi connectivity index (χ2v) is 4.17. The molecule has 5 nitrogen and oxygen atoms in total. The van der Waals surface area contributed by atoms with E-state index in [0.717, 1.165) is 6.54 Å². The van der Waals surface area contributed by atoms with E-state index in [2.05, 4.69) is 5.32 Å². The molecule has 0 spiro atoms. The fraction of sp³-hybridized carbons (Fsp3) is 0.462. The first-order valence-electron chi connectivity index (χ1n) is 5.91. The number of nitrogens with one attached hydrogen (secondary N) is 1. The van der Waals surface area contributed by atoms with E-state index in [4.69, 9.17) is 14.9 Å². The third-order valence-corrected chi connectivity index (χ3v) is 2.43. The molecule has 1 atom stereocenters. The average molecular weight is 253 g/mol. The molecule has 1 aromatic carbocycles. The number of hydrogen-bond acceptors (Lipinski definition) is 4. The summed E-state index contributed by atoms with van der Waals surface area (Å²) in [6, 6.07) is 6.40. The summed E-state index contributed by atoms with van der Waals surface area (Å²) in [5.41, 5.74) is 0.217. The highest BCUT2D eigenvalue weighted by molar-refractivity contribution is 5.87. The van der Waals surface area contributed by atoms with Crippen LogP contribution in [0.5, 0.6) is 5.75 Å². The van der Waals surface area contributed by atoms with Crippen molar-refractivity contribution in [3.05, 3.63) is 29.8 Å². The maximum absolute atomic E-state index is 10.7. The maximum Gasteiger partial charge on any atom is 0.335 e. The third kappa shape index (κ3) is 5.16. The van der Waals surface area contributed by atoms with E-state index < -0.39 is 5.97 Å². The zero-order chi connectivity index (χ0) is 13.4. The summed E-state index contributed by atoms with van der Waals surface area (Å²) in [4.78, 5) is 10.7. The van der Waals surface area contributed by atoms with Gasteiger partial charge in [-0.2, -0.15) is 0 Å². The molecule has 18 heavy (non-hydrogen) atoms. The van der Waals surface area contributed by atoms with Gasteiger partial charge in [-0.15, -0.1) is 0 Å². The van der Waals surface area contributed by atoms with Gasteiger partial charge in [0.25, 0.3) is 0 Å². The normalized spacial score (nSPS) is 12.1. The summed E-state index contributed by atoms with van der Waals surface area (Å²) >= 11 is 0. The summed E-state index contributed by atoms with van der Waals surface area (Å²) in [7, 11) is 0. The summed E-state index contributed by atoms with van der Waals surface area (Å²) < 4.78 is 5.42. The fourth-order valence-electron chi connectivity index (χ4n) is 1.37. The first-order valence-corrected chi connectivity index (χ1v) is 5.91. The van der Waals surface area contributed by atoms with E-state index in [1.807, 2.05) is 6.92 Å². The molecule has 0 aromatic heterocycles. The van der Waals surface area contributed by atoms with Crippen molar-refractivity contribution in [2.45, 2.75) is 6.92 Å². The molecule has 0 saturated heterocycles. The second-order valence-electron chi connectivity index (χ2n) is 4.17. The topological polar surface area (TPSA) is 78.8 Å². The van der Waals surface area contributed by atoms with E-state index >= 15 is 0 Å². The van der Waals surface area contributed by atoms with Crippen LogP contribution >= 0.6 is 0 Å². The molecular weight excluding hydrogens is 234 g/mol. The van der Waals surface area contributed by atoms with Crippen LogP contribution in [0.1, 0.15) is 17.3 Å². The number of aromatic carboxylic acids is 1. The number of benzene rings is 1. The Labute approximate surface area is 106 Å². The number of aliphatic hydroxyl groups is 1. The monoisotopic (exact) mass is 253 g/mol. The molecule has 0 aliphatic heterocycles. The third-order valence-electron chi connectivity index (χ3n) is 2.43. The van der Waals surface area contributed by atoms with Crippen molar-refractivity contribution in [3.63, 3.8) is 0 Å². The van der Waals surface area contributed by atoms with E-state index in [0.29, 0.717) is 18.9 Å². The molecule has 1 rings (SSSR count). The Morgan fingerprint density at radius 1 is 1.50 bits per heavy atom. The molecule has 0 heterocycles. The number of carboxylic acid groups (broad SMARTS) is 1. The SMILES string of the molecule is CC(CO)CNCCOc1cccc(C(=O)O)c1. The van der Waals surface area contributed by atoms with E-state index in [1.165, 1.54) is 12.1 Å². The van der Waals surface area contributed by atoms with Crippen molar-refractivity contribution in [1.82, 2.24) is 5.32 Å². The standard InChI is InChI=1S/C13H19NO4/c1-10(9-15)8-14-5-6-18-12-4-2-3-11(7-12)13(16)17/h2-4,7,10,14-15H,5-6,8-9H2,1H3,(H,16,17). The molecular formula is C13H19NO4. The van der Waals surface area contributed by atoms with Crippen LogP contribution in [-0.2, 0) is 0 Å². The van der Waals surface area contributed by atoms with Gasteiger partial charge in [0.2, 0.25) is 0 Å². The van der Waals surface area contributed by atoms with Gasteiger partial charge in [-0.05, 0) is 24.1 Å². The van der Waals surface area contributed by atoms with Crippen LogP contribution in [0.25, 0.3) is 0 Å². The molecule has 0 aliphatic rings. The van der Waals surface area contributed by atoms with Crippen molar-refractivity contribution in [1.29, 1.82) is 0 Å². The minimum Gasteiger partial charge on any atom is -0.492 e. The van der Waals surface area contributed by atoms with Crippen LogP contribution in [0.2, 0.25) is 0 Å². The van der Waals surface area contributed by atoms with Crippen molar-refractivity contribution in [3.8, 4) is 5.75 Å². The Kier molecular flexibility index (Phi) is 6.18. The van der Waals surface area contributed by atoms with Crippen LogP contribution in [0.3, 0.4) is 0 Å². The molecule has 5 heteroatoms. The minimum absolute atomic E-state index is 0.161. The quantitative estimate of drug-likeness (QED) is 0.602. The van der Waals surface area contributed by atoms with Gasteiger partial charge in [0.05, 0.1) is 5.56 Å². The van der Waals surface area contributed by atoms with Gasteiger partial charge in [0.15, 0.2) is 0 Å². The van der Waals surface area contributed by atoms with Crippen LogP contribution in [-0.4, -0.2) is 42.5 Å². The Hall–Kier alpha value is -1.59. The van der Waals surface area contributed by atoms with Crippen LogP contribution in [0, 0.1) is 5.92 Å². The molecule has 0 amide bonds. The van der Waals surface area contributed by atoms with Crippen LogP contribution in [0.4, 0.5) is 0 Å². The summed E-state index contributed by atoms with van der Waals surface area (Å²) in [5, 5.41) is 20.8. The summed E-state index contributed by atoms with van der Waals surface area (Å²) in [5.74, 6) is -0.192. The highest BCUT2D eigenvalue weighted by atomic mass is 16.5. The van der Waals surface area contributed by atoms with Crippen LogP contribution < -0.4 is 10.1 Å². The number of carbonyl (C=O) groups is 1. The van der Waals surface area contributed by atoms with Gasteiger partial charge in [0.1, 0.15) is 12.4 Å². The molecule has 0 radical (unpaired) electrons. The molecule has 0 saturated carbocycles. The molecule has 1 unspecified atom stereocenters. The Balaban J connectivity index is 2.27. The van der Waals surface area contributed by atoms with Crippen LogP contribution in [0.15, 0.2) is 24.3 Å². The van der Waals surface area contributed by atoms with Gasteiger partial charge in [-0.1, -0.05) is 13.0 Å². The van der Waals surface area contributed by atoms with Gasteiger partial charge in [-0.25, -0.2) is 4.79 Å². The zero-order valence-corrected chi connectivity index (χ0v) is 10.4. The minimum atomic E-state index is -0.963. The molecule has 0 bridgehead atoms. The Morgan fingerprint density at radius 2 is 2.28 bits per heavy atom. The van der Waals surface area contributed by atoms with Crippen molar-refractivity contribution < 1.29 is 19.7 Å². The second kappa shape index (κ2) is 7.68. The molecule has 1 aromatic rings. The fourth-order valence-corrected chi connectivity index (χ4v) is 1.37. The number of aliphatic hydroxyl groups excluding tert-OH is 1. The lowest BCUT2D eigenvalue weighted by molar-refractivity contribution is 0.0696. The smallest absolute Gasteiger partial charge is 0.335 e. The highest BCUT2D eigenvalue weighted by Gasteiger charge is 2.03. The summed E-state index contributed by atoms with van der Waals surface area (Å²) in [6.45, 7) is 3.95. The molecule has 0 aliphatic carbocycles. The largest absolute Gasteiger partial charge is 0.492 e. The predicted molar refractivity (Wildman–Crippen MR) is 68.0 cm³/mol. The number of carboxylic acids is 1. The number of ether oxygens (including phenoxy) is 1. The lowest BCUT2D eigenvalue weighted by Gasteiger charge is -2.10. The van der Waals surface area contributed by atoms with Crippen molar-refractivity contribution in [2.75, 3.05) is 26.3 Å². The van der Waals surface area contributed by atoms with E-state index in [1.54, 1.807) is 12.1 Å². The van der Waals surface area contributed by atoms with Gasteiger partial charge in [0, 0.05) is 19.7 Å². The lowest BCUT2D eigenvalue weighted by atomic mass is 10.2. The van der Waals surface area contributed by atoms with E-state index in [-0.39, 0.29) is 18.1 Å². The van der Waals surface area contributed by atoms with Gasteiger partial charge < -0.3 is 20.3 Å². The average Bonchev–Trinajstić information content (AvgIpc) is 2.38. The lowest BCUT2D eigenvalue weighted by Crippen LogP contribution is -2.27. The highest BCUT2D eigenvalue weighted by Crippen LogP contribution is 2.12. The number of rotatable bonds is 8. The first-order chi connectivity index (χ1) is 8.63. The first kappa shape index (κ1) is 14.5. The Bertz CT molecular complexity index is 381. The Morgan fingerprint density at radius 3 is 2.94 bits per heavy atom. The molecule has 3 N–H and O–H groups in total. The van der Waals surface area contributed by atoms with Gasteiger partial charge >= 0.3 is 5.97 Å². The predicted octanol–water partition coefficient (Wildman–Crippen LogP) is 0.982. The van der Waals surface area contributed by atoms with Crippen molar-refractivity contribution >= 4 is 5.97 Å². The maximum atomic E-state index is 10.7.